The van der Waals surface area contributed by atoms with Gasteiger partial charge in [0.2, 0.25) is 0 Å². The van der Waals surface area contributed by atoms with E-state index in [-0.39, 0.29) is 5.82 Å². The molecule has 0 aliphatic rings. The van der Waals surface area contributed by atoms with Gasteiger partial charge in [0.1, 0.15) is 11.5 Å². The van der Waals surface area contributed by atoms with Gasteiger partial charge >= 0.3 is 0 Å². The molecule has 0 radical (unpaired) electrons. The van der Waals surface area contributed by atoms with E-state index in [4.69, 9.17) is 0 Å². The van der Waals surface area contributed by atoms with Gasteiger partial charge in [-0.3, -0.25) is 9.48 Å². The Kier molecular flexibility index (Phi) is 2.87. The third-order valence-corrected chi connectivity index (χ3v) is 3.01. The number of aryl methyl sites for hydroxylation is 1. The molecule has 1 aromatic carbocycles. The van der Waals surface area contributed by atoms with Crippen molar-refractivity contribution in [3.05, 3.63) is 40.2 Å². The van der Waals surface area contributed by atoms with Gasteiger partial charge in [-0.15, -0.1) is 0 Å². The van der Waals surface area contributed by atoms with E-state index in [0.29, 0.717) is 27.7 Å². The van der Waals surface area contributed by atoms with Crippen LogP contribution >= 0.6 is 15.9 Å². The molecule has 82 valence electrons. The third kappa shape index (κ3) is 1.78. The minimum atomic E-state index is -0.321. The van der Waals surface area contributed by atoms with Crippen LogP contribution in [0, 0.1) is 5.82 Å². The van der Waals surface area contributed by atoms with Crippen molar-refractivity contribution in [3.8, 4) is 11.3 Å². The van der Waals surface area contributed by atoms with E-state index in [2.05, 4.69) is 21.0 Å². The van der Waals surface area contributed by atoms with Gasteiger partial charge in [-0.05, 0) is 28.1 Å². The van der Waals surface area contributed by atoms with Crippen molar-refractivity contribution in [3.63, 3.8) is 0 Å². The van der Waals surface area contributed by atoms with Crippen molar-refractivity contribution < 1.29 is 9.18 Å². The zero-order chi connectivity index (χ0) is 11.7. The van der Waals surface area contributed by atoms with Crippen molar-refractivity contribution in [2.75, 3.05) is 0 Å². The zero-order valence-corrected chi connectivity index (χ0v) is 10.0. The first-order valence-electron chi connectivity index (χ1n) is 4.57. The first-order chi connectivity index (χ1) is 7.63. The molecule has 0 saturated heterocycles. The molecule has 2 aromatic rings. The fourth-order valence-corrected chi connectivity index (χ4v) is 2.20. The highest BCUT2D eigenvalue weighted by Crippen LogP contribution is 2.30. The standard InChI is InChI=1S/C11H8BrFN2O/c1-15-11(10(12)9(6-16)14-15)7-3-2-4-8(13)5-7/h2-6H,1H3. The molecule has 0 aliphatic carbocycles. The molecule has 0 amide bonds. The second-order valence-electron chi connectivity index (χ2n) is 3.30. The molecule has 1 aromatic heterocycles. The van der Waals surface area contributed by atoms with E-state index < -0.39 is 0 Å². The van der Waals surface area contributed by atoms with Crippen molar-refractivity contribution in [2.45, 2.75) is 0 Å². The van der Waals surface area contributed by atoms with Gasteiger partial charge < -0.3 is 0 Å². The summed E-state index contributed by atoms with van der Waals surface area (Å²) in [7, 11) is 1.71. The van der Waals surface area contributed by atoms with Gasteiger partial charge in [0.25, 0.3) is 0 Å². The van der Waals surface area contributed by atoms with E-state index in [1.165, 1.54) is 12.1 Å². The van der Waals surface area contributed by atoms with Crippen LogP contribution in [0.3, 0.4) is 0 Å². The number of aldehydes is 1. The summed E-state index contributed by atoms with van der Waals surface area (Å²) >= 11 is 3.29. The zero-order valence-electron chi connectivity index (χ0n) is 8.45. The minimum absolute atomic E-state index is 0.307. The van der Waals surface area contributed by atoms with Gasteiger partial charge in [0.15, 0.2) is 6.29 Å². The monoisotopic (exact) mass is 282 g/mol. The van der Waals surface area contributed by atoms with Crippen molar-refractivity contribution in [1.82, 2.24) is 9.78 Å². The summed E-state index contributed by atoms with van der Waals surface area (Å²) in [5.74, 6) is -0.321. The number of aromatic nitrogens is 2. The fraction of sp³-hybridized carbons (Fsp3) is 0.0909. The first kappa shape index (κ1) is 11.0. The highest BCUT2D eigenvalue weighted by molar-refractivity contribution is 9.10. The lowest BCUT2D eigenvalue weighted by atomic mass is 10.1. The summed E-state index contributed by atoms with van der Waals surface area (Å²) < 4.78 is 15.2. The Hall–Kier alpha value is -1.49. The Morgan fingerprint density at radius 3 is 2.81 bits per heavy atom. The van der Waals surface area contributed by atoms with Crippen molar-refractivity contribution in [1.29, 1.82) is 0 Å². The molecule has 16 heavy (non-hydrogen) atoms. The van der Waals surface area contributed by atoms with Crippen LogP contribution in [0.2, 0.25) is 0 Å². The van der Waals surface area contributed by atoms with Crippen molar-refractivity contribution >= 4 is 22.2 Å². The number of rotatable bonds is 2. The fourth-order valence-electron chi connectivity index (χ4n) is 1.54. The molecule has 3 nitrogen and oxygen atoms in total. The summed E-state index contributed by atoms with van der Waals surface area (Å²) in [6.07, 6.45) is 0.660. The molecule has 2 rings (SSSR count). The Labute approximate surface area is 100 Å². The molecule has 0 N–H and O–H groups in total. The van der Waals surface area contributed by atoms with Gasteiger partial charge in [-0.2, -0.15) is 5.10 Å². The molecule has 5 heteroatoms. The maximum Gasteiger partial charge on any atom is 0.171 e. The van der Waals surface area contributed by atoms with E-state index in [1.807, 2.05) is 0 Å². The number of nitrogens with zero attached hydrogens (tertiary/aromatic N) is 2. The molecule has 1 heterocycles. The van der Waals surface area contributed by atoms with Gasteiger partial charge in [0.05, 0.1) is 10.2 Å². The summed E-state index contributed by atoms with van der Waals surface area (Å²) in [5.41, 5.74) is 1.67. The number of halogens is 2. The van der Waals surface area contributed by atoms with Crippen LogP contribution < -0.4 is 0 Å². The average molecular weight is 283 g/mol. The van der Waals surface area contributed by atoms with Gasteiger partial charge in [0, 0.05) is 12.6 Å². The predicted molar refractivity (Wildman–Crippen MR) is 61.7 cm³/mol. The molecule has 0 atom stereocenters. The Morgan fingerprint density at radius 1 is 1.50 bits per heavy atom. The Bertz CT molecular complexity index is 551. The lowest BCUT2D eigenvalue weighted by molar-refractivity contribution is 0.111. The van der Waals surface area contributed by atoms with Crippen LogP contribution in [-0.2, 0) is 7.05 Å². The van der Waals surface area contributed by atoms with Crippen LogP contribution in [0.5, 0.6) is 0 Å². The molecule has 0 unspecified atom stereocenters. The number of hydrogen-bond acceptors (Lipinski definition) is 2. The molecular weight excluding hydrogens is 275 g/mol. The number of carbonyl (C=O) groups excluding carboxylic acids is 1. The second kappa shape index (κ2) is 4.17. The maximum atomic E-state index is 13.1. The van der Waals surface area contributed by atoms with Crippen LogP contribution in [0.1, 0.15) is 10.5 Å². The normalized spacial score (nSPS) is 10.4. The number of carbonyl (C=O) groups is 1. The van der Waals surface area contributed by atoms with E-state index >= 15 is 0 Å². The largest absolute Gasteiger partial charge is 0.296 e. The van der Waals surface area contributed by atoms with Gasteiger partial charge in [-0.25, -0.2) is 4.39 Å². The van der Waals surface area contributed by atoms with Crippen LogP contribution in [0.15, 0.2) is 28.7 Å². The highest BCUT2D eigenvalue weighted by atomic mass is 79.9. The van der Waals surface area contributed by atoms with Crippen LogP contribution in [0.4, 0.5) is 4.39 Å². The van der Waals surface area contributed by atoms with E-state index in [9.17, 15) is 9.18 Å². The van der Waals surface area contributed by atoms with Crippen molar-refractivity contribution in [2.24, 2.45) is 7.05 Å². The number of benzene rings is 1. The van der Waals surface area contributed by atoms with Gasteiger partial charge in [-0.1, -0.05) is 12.1 Å². The predicted octanol–water partition coefficient (Wildman–Crippen LogP) is 2.80. The topological polar surface area (TPSA) is 34.9 Å². The second-order valence-corrected chi connectivity index (χ2v) is 4.09. The highest BCUT2D eigenvalue weighted by Gasteiger charge is 2.14. The molecule has 0 aliphatic heterocycles. The molecule has 0 spiro atoms. The first-order valence-corrected chi connectivity index (χ1v) is 5.36. The Balaban J connectivity index is 2.64. The smallest absolute Gasteiger partial charge is 0.171 e. The average Bonchev–Trinajstić information content (AvgIpc) is 2.53. The minimum Gasteiger partial charge on any atom is -0.296 e. The van der Waals surface area contributed by atoms with E-state index in [0.717, 1.165) is 0 Å². The number of hydrogen-bond donors (Lipinski definition) is 0. The lowest BCUT2D eigenvalue weighted by Crippen LogP contribution is -1.94. The molecule has 0 fully saturated rings. The molecule has 0 bridgehead atoms. The van der Waals surface area contributed by atoms with Crippen LogP contribution in [0.25, 0.3) is 11.3 Å². The third-order valence-electron chi connectivity index (χ3n) is 2.22. The quantitative estimate of drug-likeness (QED) is 0.794. The summed E-state index contributed by atoms with van der Waals surface area (Å²) in [6.45, 7) is 0. The van der Waals surface area contributed by atoms with Crippen LogP contribution in [-0.4, -0.2) is 16.1 Å². The summed E-state index contributed by atoms with van der Waals surface area (Å²) in [5, 5.41) is 4.01. The molecule has 0 saturated carbocycles. The Morgan fingerprint density at radius 2 is 2.25 bits per heavy atom. The van der Waals surface area contributed by atoms with E-state index in [1.54, 1.807) is 23.9 Å². The SMILES string of the molecule is Cn1nc(C=O)c(Br)c1-c1cccc(F)c1. The summed E-state index contributed by atoms with van der Waals surface area (Å²) in [4.78, 5) is 10.7. The maximum absolute atomic E-state index is 13.1. The summed E-state index contributed by atoms with van der Waals surface area (Å²) in [6, 6.07) is 6.15. The lowest BCUT2D eigenvalue weighted by Gasteiger charge is -2.02. The molecular formula is C11H8BrFN2O.